The lowest BCUT2D eigenvalue weighted by Crippen LogP contribution is -2.28. The van der Waals surface area contributed by atoms with E-state index in [9.17, 15) is 0 Å². The van der Waals surface area contributed by atoms with E-state index >= 15 is 0 Å². The van der Waals surface area contributed by atoms with Gasteiger partial charge in [0.15, 0.2) is 0 Å². The Morgan fingerprint density at radius 2 is 2.36 bits per heavy atom. The van der Waals surface area contributed by atoms with E-state index in [0.717, 1.165) is 31.6 Å². The summed E-state index contributed by atoms with van der Waals surface area (Å²) in [4.78, 5) is 0. The molecule has 0 amide bonds. The highest BCUT2D eigenvalue weighted by atomic mass is 16.5. The number of hydrogen-bond donors (Lipinski definition) is 1. The second kappa shape index (κ2) is 4.01. The summed E-state index contributed by atoms with van der Waals surface area (Å²) in [5.41, 5.74) is 8.67. The van der Waals surface area contributed by atoms with E-state index in [2.05, 4.69) is 18.2 Å². The normalized spacial score (nSPS) is 20.3. The molecular weight excluding hydrogens is 174 g/mol. The molecule has 76 valence electrons. The Hall–Kier alpha value is -1.02. The van der Waals surface area contributed by atoms with Crippen LogP contribution < -0.4 is 10.5 Å². The predicted molar refractivity (Wildman–Crippen MR) is 57.6 cm³/mol. The highest BCUT2D eigenvalue weighted by molar-refractivity contribution is 5.42. The molecule has 0 saturated heterocycles. The summed E-state index contributed by atoms with van der Waals surface area (Å²) in [5, 5.41) is 0. The zero-order valence-electron chi connectivity index (χ0n) is 8.62. The first-order chi connectivity index (χ1) is 6.81. The molecule has 0 radical (unpaired) electrons. The van der Waals surface area contributed by atoms with Crippen molar-refractivity contribution in [1.82, 2.24) is 0 Å². The van der Waals surface area contributed by atoms with Crippen molar-refractivity contribution in [3.8, 4) is 5.75 Å². The Kier molecular flexibility index (Phi) is 2.73. The SMILES string of the molecule is CCOc1cccc2c1CCC(N)C2. The van der Waals surface area contributed by atoms with E-state index in [0.29, 0.717) is 6.04 Å². The maximum atomic E-state index is 5.93. The Morgan fingerprint density at radius 3 is 3.14 bits per heavy atom. The van der Waals surface area contributed by atoms with Crippen LogP contribution in [0.25, 0.3) is 0 Å². The maximum Gasteiger partial charge on any atom is 0.122 e. The molecule has 1 unspecified atom stereocenters. The summed E-state index contributed by atoms with van der Waals surface area (Å²) >= 11 is 0. The molecule has 2 nitrogen and oxygen atoms in total. The van der Waals surface area contributed by atoms with Gasteiger partial charge in [-0.2, -0.15) is 0 Å². The summed E-state index contributed by atoms with van der Waals surface area (Å²) in [7, 11) is 0. The van der Waals surface area contributed by atoms with E-state index in [4.69, 9.17) is 10.5 Å². The largest absolute Gasteiger partial charge is 0.494 e. The van der Waals surface area contributed by atoms with Crippen molar-refractivity contribution in [3.63, 3.8) is 0 Å². The Morgan fingerprint density at radius 1 is 1.50 bits per heavy atom. The van der Waals surface area contributed by atoms with Crippen molar-refractivity contribution >= 4 is 0 Å². The summed E-state index contributed by atoms with van der Waals surface area (Å²) in [6.45, 7) is 2.76. The van der Waals surface area contributed by atoms with Gasteiger partial charge >= 0.3 is 0 Å². The van der Waals surface area contributed by atoms with Gasteiger partial charge in [0, 0.05) is 6.04 Å². The fraction of sp³-hybridized carbons (Fsp3) is 0.500. The van der Waals surface area contributed by atoms with E-state index < -0.39 is 0 Å². The van der Waals surface area contributed by atoms with Crippen LogP contribution in [0.5, 0.6) is 5.75 Å². The first-order valence-corrected chi connectivity index (χ1v) is 5.30. The van der Waals surface area contributed by atoms with Gasteiger partial charge in [-0.25, -0.2) is 0 Å². The van der Waals surface area contributed by atoms with Crippen LogP contribution in [0.3, 0.4) is 0 Å². The molecule has 0 aromatic heterocycles. The summed E-state index contributed by atoms with van der Waals surface area (Å²) < 4.78 is 5.60. The molecule has 0 aliphatic heterocycles. The molecule has 2 rings (SSSR count). The third-order valence-corrected chi connectivity index (χ3v) is 2.78. The molecule has 14 heavy (non-hydrogen) atoms. The van der Waals surface area contributed by atoms with Crippen molar-refractivity contribution in [1.29, 1.82) is 0 Å². The zero-order chi connectivity index (χ0) is 9.97. The van der Waals surface area contributed by atoms with Gasteiger partial charge in [-0.3, -0.25) is 0 Å². The van der Waals surface area contributed by atoms with E-state index in [1.807, 2.05) is 6.92 Å². The van der Waals surface area contributed by atoms with Crippen LogP contribution in [-0.2, 0) is 12.8 Å². The number of nitrogens with two attached hydrogens (primary N) is 1. The quantitative estimate of drug-likeness (QED) is 0.775. The monoisotopic (exact) mass is 191 g/mol. The molecule has 1 aromatic carbocycles. The van der Waals surface area contributed by atoms with Gasteiger partial charge in [-0.15, -0.1) is 0 Å². The van der Waals surface area contributed by atoms with E-state index in [-0.39, 0.29) is 0 Å². The summed E-state index contributed by atoms with van der Waals surface area (Å²) in [6, 6.07) is 6.61. The van der Waals surface area contributed by atoms with Crippen LogP contribution in [-0.4, -0.2) is 12.6 Å². The van der Waals surface area contributed by atoms with Gasteiger partial charge in [0.2, 0.25) is 0 Å². The fourth-order valence-corrected chi connectivity index (χ4v) is 2.09. The first-order valence-electron chi connectivity index (χ1n) is 5.30. The smallest absolute Gasteiger partial charge is 0.122 e. The number of fused-ring (bicyclic) bond motifs is 1. The van der Waals surface area contributed by atoms with Crippen LogP contribution in [0, 0.1) is 0 Å². The molecule has 1 atom stereocenters. The van der Waals surface area contributed by atoms with Crippen LogP contribution in [0.15, 0.2) is 18.2 Å². The minimum Gasteiger partial charge on any atom is -0.494 e. The summed E-state index contributed by atoms with van der Waals surface area (Å²) in [6.07, 6.45) is 3.14. The first kappa shape index (κ1) is 9.53. The van der Waals surface area contributed by atoms with E-state index in [1.54, 1.807) is 0 Å². The Bertz CT molecular complexity index is 308. The zero-order valence-corrected chi connectivity index (χ0v) is 8.62. The van der Waals surface area contributed by atoms with Crippen molar-refractivity contribution in [2.24, 2.45) is 5.73 Å². The van der Waals surface area contributed by atoms with Crippen LogP contribution in [0.1, 0.15) is 24.5 Å². The van der Waals surface area contributed by atoms with Gasteiger partial charge in [-0.05, 0) is 43.4 Å². The minimum absolute atomic E-state index is 0.333. The van der Waals surface area contributed by atoms with Crippen LogP contribution >= 0.6 is 0 Å². The van der Waals surface area contributed by atoms with Crippen molar-refractivity contribution in [2.45, 2.75) is 32.2 Å². The molecule has 0 saturated carbocycles. The van der Waals surface area contributed by atoms with Gasteiger partial charge < -0.3 is 10.5 Å². The highest BCUT2D eigenvalue weighted by Crippen LogP contribution is 2.29. The molecule has 2 N–H and O–H groups in total. The number of hydrogen-bond acceptors (Lipinski definition) is 2. The number of ether oxygens (including phenoxy) is 1. The van der Waals surface area contributed by atoms with Crippen LogP contribution in [0.4, 0.5) is 0 Å². The third kappa shape index (κ3) is 1.75. The Balaban J connectivity index is 2.31. The molecule has 1 aromatic rings. The second-order valence-electron chi connectivity index (χ2n) is 3.83. The molecule has 1 aliphatic carbocycles. The molecule has 0 heterocycles. The topological polar surface area (TPSA) is 35.2 Å². The summed E-state index contributed by atoms with van der Waals surface area (Å²) in [5.74, 6) is 1.05. The lowest BCUT2D eigenvalue weighted by atomic mass is 9.88. The predicted octanol–water partition coefficient (Wildman–Crippen LogP) is 1.90. The third-order valence-electron chi connectivity index (χ3n) is 2.78. The van der Waals surface area contributed by atoms with Crippen molar-refractivity contribution in [3.05, 3.63) is 29.3 Å². The molecule has 0 fully saturated rings. The van der Waals surface area contributed by atoms with Gasteiger partial charge in [0.1, 0.15) is 5.75 Å². The maximum absolute atomic E-state index is 5.93. The van der Waals surface area contributed by atoms with Gasteiger partial charge in [-0.1, -0.05) is 12.1 Å². The van der Waals surface area contributed by atoms with Gasteiger partial charge in [0.25, 0.3) is 0 Å². The van der Waals surface area contributed by atoms with Crippen molar-refractivity contribution < 1.29 is 4.74 Å². The minimum atomic E-state index is 0.333. The van der Waals surface area contributed by atoms with Crippen LogP contribution in [0.2, 0.25) is 0 Å². The number of rotatable bonds is 2. The molecule has 1 aliphatic rings. The molecular formula is C12H17NO. The fourth-order valence-electron chi connectivity index (χ4n) is 2.09. The van der Waals surface area contributed by atoms with Gasteiger partial charge in [0.05, 0.1) is 6.61 Å². The average Bonchev–Trinajstić information content (AvgIpc) is 2.18. The Labute approximate surface area is 85.1 Å². The van der Waals surface area contributed by atoms with Crippen molar-refractivity contribution in [2.75, 3.05) is 6.61 Å². The standard InChI is InChI=1S/C12H17NO/c1-2-14-12-5-3-4-9-8-10(13)6-7-11(9)12/h3-5,10H,2,6-8,13H2,1H3. The lowest BCUT2D eigenvalue weighted by Gasteiger charge is -2.23. The van der Waals surface area contributed by atoms with E-state index in [1.165, 1.54) is 11.1 Å². The highest BCUT2D eigenvalue weighted by Gasteiger charge is 2.18. The molecule has 0 spiro atoms. The number of benzene rings is 1. The lowest BCUT2D eigenvalue weighted by molar-refractivity contribution is 0.334. The second-order valence-corrected chi connectivity index (χ2v) is 3.83. The average molecular weight is 191 g/mol. The molecule has 2 heteroatoms. The molecule has 0 bridgehead atoms.